The summed E-state index contributed by atoms with van der Waals surface area (Å²) in [5.74, 6) is -0.543. The van der Waals surface area contributed by atoms with Gasteiger partial charge in [0.25, 0.3) is 0 Å². The third-order valence-electron chi connectivity index (χ3n) is 2.21. The van der Waals surface area contributed by atoms with E-state index in [1.54, 1.807) is 0 Å². The van der Waals surface area contributed by atoms with E-state index in [1.807, 2.05) is 0 Å². The average Bonchev–Trinajstić information content (AvgIpc) is 2.47. The number of primary amides is 2. The van der Waals surface area contributed by atoms with Crippen LogP contribution in [0.2, 0.25) is 0 Å². The molecular weight excluding hydrogens is 174 g/mol. The van der Waals surface area contributed by atoms with Crippen LogP contribution < -0.4 is 11.5 Å². The molecule has 3 amide bonds. The van der Waals surface area contributed by atoms with Crippen LogP contribution >= 0.6 is 0 Å². The number of carbonyl (C=O) groups is 2. The van der Waals surface area contributed by atoms with E-state index in [-0.39, 0.29) is 6.10 Å². The third kappa shape index (κ3) is 1.89. The van der Waals surface area contributed by atoms with E-state index in [1.165, 1.54) is 12.0 Å². The topological polar surface area (TPSA) is 98.7 Å². The molecule has 13 heavy (non-hydrogen) atoms. The first-order chi connectivity index (χ1) is 6.06. The van der Waals surface area contributed by atoms with Crippen molar-refractivity contribution in [1.82, 2.24) is 4.90 Å². The fourth-order valence-electron chi connectivity index (χ4n) is 1.48. The summed E-state index contributed by atoms with van der Waals surface area (Å²) in [6, 6.07) is -1.26. The first kappa shape index (κ1) is 9.79. The molecule has 1 fully saturated rings. The molecule has 0 saturated carbocycles. The molecule has 74 valence electrons. The van der Waals surface area contributed by atoms with Gasteiger partial charge in [0.05, 0.1) is 6.10 Å². The van der Waals surface area contributed by atoms with Gasteiger partial charge in [0.15, 0.2) is 0 Å². The molecule has 1 saturated heterocycles. The quantitative estimate of drug-likeness (QED) is 0.558. The number of nitrogens with two attached hydrogens (primary N) is 2. The number of hydrogen-bond acceptors (Lipinski definition) is 3. The molecule has 1 rings (SSSR count). The van der Waals surface area contributed by atoms with E-state index in [0.717, 1.165) is 0 Å². The van der Waals surface area contributed by atoms with Gasteiger partial charge < -0.3 is 21.1 Å². The first-order valence-electron chi connectivity index (χ1n) is 3.94. The van der Waals surface area contributed by atoms with Crippen LogP contribution in [0.15, 0.2) is 0 Å². The molecule has 0 aromatic heterocycles. The van der Waals surface area contributed by atoms with Crippen LogP contribution in [0.1, 0.15) is 6.42 Å². The molecule has 6 nitrogen and oxygen atoms in total. The summed E-state index contributed by atoms with van der Waals surface area (Å²) in [4.78, 5) is 23.0. The van der Waals surface area contributed by atoms with Crippen molar-refractivity contribution in [3.63, 3.8) is 0 Å². The smallest absolute Gasteiger partial charge is 0.315 e. The third-order valence-corrected chi connectivity index (χ3v) is 2.21. The lowest BCUT2D eigenvalue weighted by Crippen LogP contribution is -2.46. The van der Waals surface area contributed by atoms with Gasteiger partial charge in [0.1, 0.15) is 6.04 Å². The maximum atomic E-state index is 10.9. The minimum atomic E-state index is -0.636. The van der Waals surface area contributed by atoms with E-state index in [2.05, 4.69) is 0 Å². The molecule has 0 aromatic rings. The van der Waals surface area contributed by atoms with Crippen LogP contribution in [0, 0.1) is 0 Å². The fraction of sp³-hybridized carbons (Fsp3) is 0.714. The number of ether oxygens (including phenoxy) is 1. The van der Waals surface area contributed by atoms with Gasteiger partial charge in [-0.2, -0.15) is 0 Å². The van der Waals surface area contributed by atoms with E-state index < -0.39 is 18.0 Å². The van der Waals surface area contributed by atoms with E-state index in [9.17, 15) is 9.59 Å². The van der Waals surface area contributed by atoms with Gasteiger partial charge in [0, 0.05) is 20.1 Å². The van der Waals surface area contributed by atoms with E-state index in [0.29, 0.717) is 13.0 Å². The molecule has 0 aromatic carbocycles. The second-order valence-corrected chi connectivity index (χ2v) is 3.00. The van der Waals surface area contributed by atoms with Crippen molar-refractivity contribution in [2.75, 3.05) is 13.7 Å². The monoisotopic (exact) mass is 187 g/mol. The zero-order chi connectivity index (χ0) is 10.0. The van der Waals surface area contributed by atoms with Crippen LogP contribution in [-0.2, 0) is 9.53 Å². The van der Waals surface area contributed by atoms with Gasteiger partial charge in [-0.05, 0) is 0 Å². The Morgan fingerprint density at radius 2 is 2.08 bits per heavy atom. The number of rotatable bonds is 2. The Hall–Kier alpha value is -1.30. The molecule has 1 aliphatic rings. The van der Waals surface area contributed by atoms with Gasteiger partial charge in [0.2, 0.25) is 5.91 Å². The number of carbonyl (C=O) groups excluding carboxylic acids is 2. The molecule has 4 N–H and O–H groups in total. The largest absolute Gasteiger partial charge is 0.380 e. The Bertz CT molecular complexity index is 209. The Balaban J connectivity index is 2.71. The van der Waals surface area contributed by atoms with Gasteiger partial charge in [-0.15, -0.1) is 0 Å². The molecular formula is C7H13N3O3. The highest BCUT2D eigenvalue weighted by atomic mass is 16.5. The minimum absolute atomic E-state index is 0.148. The zero-order valence-electron chi connectivity index (χ0n) is 7.40. The average molecular weight is 187 g/mol. The Labute approximate surface area is 75.8 Å². The van der Waals surface area contributed by atoms with Gasteiger partial charge >= 0.3 is 6.03 Å². The van der Waals surface area contributed by atoms with Crippen LogP contribution in [0.5, 0.6) is 0 Å². The second-order valence-electron chi connectivity index (χ2n) is 3.00. The maximum absolute atomic E-state index is 10.9. The van der Waals surface area contributed by atoms with Crippen LogP contribution in [0.4, 0.5) is 4.79 Å². The normalized spacial score (nSPS) is 27.6. The Kier molecular flexibility index (Phi) is 2.72. The molecule has 0 bridgehead atoms. The SMILES string of the molecule is COC1CC(C(N)=O)N(C(N)=O)C1. The van der Waals surface area contributed by atoms with Crippen LogP contribution in [-0.4, -0.2) is 42.6 Å². The summed E-state index contributed by atoms with van der Waals surface area (Å²) in [7, 11) is 1.52. The molecule has 2 atom stereocenters. The van der Waals surface area contributed by atoms with Crippen molar-refractivity contribution in [2.45, 2.75) is 18.6 Å². The predicted octanol–water partition coefficient (Wildman–Crippen LogP) is -1.36. The van der Waals surface area contributed by atoms with Gasteiger partial charge in [-0.25, -0.2) is 4.79 Å². The highest BCUT2D eigenvalue weighted by Crippen LogP contribution is 2.18. The van der Waals surface area contributed by atoms with Gasteiger partial charge in [-0.1, -0.05) is 0 Å². The highest BCUT2D eigenvalue weighted by Gasteiger charge is 2.37. The number of urea groups is 1. The number of likely N-dealkylation sites (tertiary alicyclic amines) is 1. The van der Waals surface area contributed by atoms with Crippen molar-refractivity contribution < 1.29 is 14.3 Å². The highest BCUT2D eigenvalue weighted by molar-refractivity contribution is 5.86. The molecule has 0 spiro atoms. The number of amides is 3. The minimum Gasteiger partial charge on any atom is -0.380 e. The lowest BCUT2D eigenvalue weighted by molar-refractivity contribution is -0.121. The summed E-state index contributed by atoms with van der Waals surface area (Å²) in [6.45, 7) is 0.333. The first-order valence-corrected chi connectivity index (χ1v) is 3.94. The lowest BCUT2D eigenvalue weighted by Gasteiger charge is -2.18. The number of nitrogens with zero attached hydrogens (tertiary/aromatic N) is 1. The summed E-state index contributed by atoms with van der Waals surface area (Å²) < 4.78 is 5.01. The summed E-state index contributed by atoms with van der Waals surface area (Å²) in [5.41, 5.74) is 10.2. The van der Waals surface area contributed by atoms with E-state index in [4.69, 9.17) is 16.2 Å². The summed E-state index contributed by atoms with van der Waals surface area (Å²) in [5, 5.41) is 0. The molecule has 0 radical (unpaired) electrons. The predicted molar refractivity (Wildman–Crippen MR) is 44.7 cm³/mol. The van der Waals surface area contributed by atoms with Crippen molar-refractivity contribution >= 4 is 11.9 Å². The Morgan fingerprint density at radius 1 is 1.46 bits per heavy atom. The maximum Gasteiger partial charge on any atom is 0.315 e. The fourth-order valence-corrected chi connectivity index (χ4v) is 1.48. The molecule has 1 aliphatic heterocycles. The summed E-state index contributed by atoms with van der Waals surface area (Å²) in [6.07, 6.45) is 0.277. The standard InChI is InChI=1S/C7H13N3O3/c1-13-4-2-5(6(8)11)10(3-4)7(9)12/h4-5H,2-3H2,1H3,(H2,8,11)(H2,9,12). The molecule has 2 unspecified atom stereocenters. The second kappa shape index (κ2) is 3.61. The number of methoxy groups -OCH3 is 1. The molecule has 6 heteroatoms. The van der Waals surface area contributed by atoms with E-state index >= 15 is 0 Å². The van der Waals surface area contributed by atoms with Crippen molar-refractivity contribution in [3.8, 4) is 0 Å². The zero-order valence-corrected chi connectivity index (χ0v) is 7.40. The van der Waals surface area contributed by atoms with Crippen molar-refractivity contribution in [3.05, 3.63) is 0 Å². The van der Waals surface area contributed by atoms with Crippen LogP contribution in [0.3, 0.4) is 0 Å². The molecule has 0 aliphatic carbocycles. The lowest BCUT2D eigenvalue weighted by atomic mass is 10.2. The Morgan fingerprint density at radius 3 is 2.38 bits per heavy atom. The summed E-state index contributed by atoms with van der Waals surface area (Å²) >= 11 is 0. The van der Waals surface area contributed by atoms with Gasteiger partial charge in [-0.3, -0.25) is 4.79 Å². The number of hydrogen-bond donors (Lipinski definition) is 2. The van der Waals surface area contributed by atoms with Crippen molar-refractivity contribution in [1.29, 1.82) is 0 Å². The van der Waals surface area contributed by atoms with Crippen LogP contribution in [0.25, 0.3) is 0 Å². The van der Waals surface area contributed by atoms with Crippen molar-refractivity contribution in [2.24, 2.45) is 11.5 Å². The molecule has 1 heterocycles.